The minimum Gasteiger partial charge on any atom is -0.329 e. The van der Waals surface area contributed by atoms with Crippen molar-refractivity contribution in [3.63, 3.8) is 0 Å². The Kier molecular flexibility index (Phi) is 5.26. The molecule has 4 heterocycles. The molecule has 0 aromatic rings. The van der Waals surface area contributed by atoms with E-state index in [1.165, 1.54) is 0 Å². The summed E-state index contributed by atoms with van der Waals surface area (Å²) in [5.74, 6) is 0.596. The van der Waals surface area contributed by atoms with Crippen molar-refractivity contribution in [2.24, 2.45) is 11.8 Å². The molecule has 154 valence electrons. The number of piperazine rings is 1. The fourth-order valence-corrected chi connectivity index (χ4v) is 5.40. The van der Waals surface area contributed by atoms with E-state index >= 15 is 0 Å². The van der Waals surface area contributed by atoms with E-state index in [2.05, 4.69) is 27.8 Å². The first kappa shape index (κ1) is 19.2. The van der Waals surface area contributed by atoms with Crippen LogP contribution < -0.4 is 21.3 Å². The first-order valence-electron chi connectivity index (χ1n) is 9.94. The summed E-state index contributed by atoms with van der Waals surface area (Å²) in [5, 5.41) is 12.7. The third-order valence-corrected chi connectivity index (χ3v) is 6.65. The Hall–Kier alpha value is -1.10. The summed E-state index contributed by atoms with van der Waals surface area (Å²) in [6, 6.07) is 0.140. The molecule has 0 aromatic heterocycles. The van der Waals surface area contributed by atoms with Crippen LogP contribution in [-0.4, -0.2) is 85.7 Å². The number of hydrogen-bond donors (Lipinski definition) is 4. The largest absolute Gasteiger partial charge is 0.405 e. The molecule has 4 saturated heterocycles. The van der Waals surface area contributed by atoms with Gasteiger partial charge in [-0.25, -0.2) is 4.79 Å². The highest BCUT2D eigenvalue weighted by Gasteiger charge is 2.51. The van der Waals surface area contributed by atoms with Gasteiger partial charge in [-0.3, -0.25) is 15.5 Å². The van der Waals surface area contributed by atoms with Gasteiger partial charge in [0.05, 0.1) is 12.3 Å². The molecule has 0 aliphatic carbocycles. The molecule has 27 heavy (non-hydrogen) atoms. The van der Waals surface area contributed by atoms with E-state index in [0.717, 1.165) is 32.5 Å². The van der Waals surface area contributed by atoms with Gasteiger partial charge in [0.2, 0.25) is 0 Å². The van der Waals surface area contributed by atoms with Gasteiger partial charge >= 0.3 is 12.2 Å². The molecule has 0 radical (unpaired) electrons. The second kappa shape index (κ2) is 7.38. The van der Waals surface area contributed by atoms with Crippen LogP contribution in [0.4, 0.5) is 18.0 Å². The Morgan fingerprint density at radius 3 is 2.70 bits per heavy atom. The average Bonchev–Trinajstić information content (AvgIpc) is 3.33. The lowest BCUT2D eigenvalue weighted by Crippen LogP contribution is -2.65. The number of likely N-dealkylation sites (tertiary alicyclic amines) is 1. The van der Waals surface area contributed by atoms with Gasteiger partial charge in [-0.1, -0.05) is 13.3 Å². The summed E-state index contributed by atoms with van der Waals surface area (Å²) in [6.45, 7) is 4.63. The van der Waals surface area contributed by atoms with Crippen molar-refractivity contribution in [1.82, 2.24) is 31.1 Å². The van der Waals surface area contributed by atoms with Gasteiger partial charge in [-0.15, -0.1) is 0 Å². The van der Waals surface area contributed by atoms with Gasteiger partial charge in [0.15, 0.2) is 0 Å². The van der Waals surface area contributed by atoms with Crippen molar-refractivity contribution in [2.45, 2.75) is 50.4 Å². The second-order valence-electron chi connectivity index (χ2n) is 8.15. The molecule has 4 N–H and O–H groups in total. The van der Waals surface area contributed by atoms with Crippen molar-refractivity contribution >= 4 is 6.03 Å². The number of alkyl halides is 3. The van der Waals surface area contributed by atoms with E-state index in [-0.39, 0.29) is 5.92 Å². The van der Waals surface area contributed by atoms with Crippen LogP contribution >= 0.6 is 0 Å². The van der Waals surface area contributed by atoms with Crippen molar-refractivity contribution in [2.75, 3.05) is 39.3 Å². The lowest BCUT2D eigenvalue weighted by molar-refractivity contribution is -0.123. The first-order chi connectivity index (χ1) is 12.9. The molecular weight excluding hydrogens is 361 g/mol. The maximum absolute atomic E-state index is 12.4. The smallest absolute Gasteiger partial charge is 0.329 e. The molecule has 4 aliphatic heterocycles. The van der Waals surface area contributed by atoms with Gasteiger partial charge in [-0.2, -0.15) is 13.2 Å². The molecule has 0 aromatic carbocycles. The number of halogens is 3. The average molecular weight is 390 g/mol. The summed E-state index contributed by atoms with van der Waals surface area (Å²) in [5.41, 5.74) is 0. The lowest BCUT2D eigenvalue weighted by atomic mass is 9.86. The standard InChI is InChI=1S/C17H29F3N6O/c1-2-10-7-25(16(27)24-9-17(18,19)20)8-11(10)13-5-22-14-6-23-15-12(26(13)14)3-4-21-15/h10-15,21-23H,2-9H2,1H3,(H,24,27)/t10-,11+,12?,13?,14?,15?/m0/s1. The number of carbonyl (C=O) groups excluding carboxylic acids is 1. The third kappa shape index (κ3) is 3.76. The number of carbonyl (C=O) groups is 1. The van der Waals surface area contributed by atoms with Crippen molar-refractivity contribution < 1.29 is 18.0 Å². The minimum absolute atomic E-state index is 0.281. The molecule has 2 amide bonds. The molecule has 4 rings (SSSR count). The van der Waals surface area contributed by atoms with Gasteiger partial charge < -0.3 is 15.5 Å². The van der Waals surface area contributed by atoms with Crippen molar-refractivity contribution in [3.05, 3.63) is 0 Å². The molecule has 6 atom stereocenters. The maximum Gasteiger partial charge on any atom is 0.405 e. The molecular formula is C17H29F3N6O. The zero-order valence-corrected chi connectivity index (χ0v) is 15.6. The zero-order chi connectivity index (χ0) is 19.2. The molecule has 0 spiro atoms. The quantitative estimate of drug-likeness (QED) is 0.551. The molecule has 0 bridgehead atoms. The molecule has 10 heteroatoms. The van der Waals surface area contributed by atoms with E-state index in [9.17, 15) is 18.0 Å². The van der Waals surface area contributed by atoms with Crippen LogP contribution in [0.2, 0.25) is 0 Å². The number of urea groups is 1. The molecule has 4 unspecified atom stereocenters. The number of rotatable bonds is 3. The lowest BCUT2D eigenvalue weighted by Gasteiger charge is -2.44. The fourth-order valence-electron chi connectivity index (χ4n) is 5.40. The molecule has 4 fully saturated rings. The number of fused-ring (bicyclic) bond motifs is 3. The number of amides is 2. The summed E-state index contributed by atoms with van der Waals surface area (Å²) in [6.07, 6.45) is -1.77. The molecule has 0 saturated carbocycles. The summed E-state index contributed by atoms with van der Waals surface area (Å²) in [4.78, 5) is 16.4. The highest BCUT2D eigenvalue weighted by molar-refractivity contribution is 5.74. The van der Waals surface area contributed by atoms with Gasteiger partial charge in [0, 0.05) is 38.3 Å². The fraction of sp³-hybridized carbons (Fsp3) is 0.941. The van der Waals surface area contributed by atoms with Crippen LogP contribution in [0.15, 0.2) is 0 Å². The SMILES string of the molecule is CC[C@H]1CN(C(=O)NCC(F)(F)F)C[C@H]1C1CNC2CNC3NCCC3N21. The Labute approximate surface area is 157 Å². The van der Waals surface area contributed by atoms with Crippen LogP contribution in [0.1, 0.15) is 19.8 Å². The predicted molar refractivity (Wildman–Crippen MR) is 93.9 cm³/mol. The van der Waals surface area contributed by atoms with Crippen LogP contribution in [0.3, 0.4) is 0 Å². The Morgan fingerprint density at radius 1 is 1.15 bits per heavy atom. The number of nitrogens with one attached hydrogen (secondary N) is 4. The Bertz CT molecular complexity index is 561. The zero-order valence-electron chi connectivity index (χ0n) is 15.6. The van der Waals surface area contributed by atoms with E-state index in [1.54, 1.807) is 4.90 Å². The minimum atomic E-state index is -4.38. The summed E-state index contributed by atoms with van der Waals surface area (Å²) >= 11 is 0. The highest BCUT2D eigenvalue weighted by atomic mass is 19.4. The van der Waals surface area contributed by atoms with Crippen LogP contribution in [0.5, 0.6) is 0 Å². The molecule has 7 nitrogen and oxygen atoms in total. The maximum atomic E-state index is 12.4. The van der Waals surface area contributed by atoms with E-state index in [0.29, 0.717) is 43.4 Å². The number of nitrogens with zero attached hydrogens (tertiary/aromatic N) is 2. The van der Waals surface area contributed by atoms with Crippen LogP contribution in [0, 0.1) is 11.8 Å². The summed E-state index contributed by atoms with van der Waals surface area (Å²) in [7, 11) is 0. The topological polar surface area (TPSA) is 71.7 Å². The monoisotopic (exact) mass is 390 g/mol. The third-order valence-electron chi connectivity index (χ3n) is 6.65. The summed E-state index contributed by atoms with van der Waals surface area (Å²) < 4.78 is 37.3. The predicted octanol–water partition coefficient (Wildman–Crippen LogP) is 0.107. The van der Waals surface area contributed by atoms with Gasteiger partial charge in [0.25, 0.3) is 0 Å². The Morgan fingerprint density at radius 2 is 1.96 bits per heavy atom. The van der Waals surface area contributed by atoms with Crippen molar-refractivity contribution in [1.29, 1.82) is 0 Å². The van der Waals surface area contributed by atoms with Gasteiger partial charge in [-0.05, 0) is 24.8 Å². The normalized spacial score (nSPS) is 39.5. The van der Waals surface area contributed by atoms with Crippen LogP contribution in [0.25, 0.3) is 0 Å². The second-order valence-corrected chi connectivity index (χ2v) is 8.15. The highest BCUT2D eigenvalue weighted by Crippen LogP contribution is 2.36. The van der Waals surface area contributed by atoms with E-state index in [4.69, 9.17) is 0 Å². The molecule has 4 aliphatic rings. The van der Waals surface area contributed by atoms with Crippen LogP contribution in [-0.2, 0) is 0 Å². The first-order valence-corrected chi connectivity index (χ1v) is 9.94. The van der Waals surface area contributed by atoms with Crippen molar-refractivity contribution in [3.8, 4) is 0 Å². The Balaban J connectivity index is 1.44. The van der Waals surface area contributed by atoms with E-state index < -0.39 is 18.8 Å². The number of hydrogen-bond acceptors (Lipinski definition) is 5. The van der Waals surface area contributed by atoms with E-state index in [1.807, 2.05) is 5.32 Å². The van der Waals surface area contributed by atoms with Gasteiger partial charge in [0.1, 0.15) is 6.54 Å².